The highest BCUT2D eigenvalue weighted by Gasteiger charge is 2.21. The molecule has 0 amide bonds. The number of hydrogen-bond donors (Lipinski definition) is 0. The second kappa shape index (κ2) is 8.41. The third-order valence-electron chi connectivity index (χ3n) is 4.34. The van der Waals surface area contributed by atoms with Crippen molar-refractivity contribution < 1.29 is 18.7 Å². The largest absolute Gasteiger partial charge is 0.426 e. The van der Waals surface area contributed by atoms with Crippen LogP contribution in [-0.4, -0.2) is 11.8 Å². The zero-order valence-corrected chi connectivity index (χ0v) is 14.9. The summed E-state index contributed by atoms with van der Waals surface area (Å²) in [6.45, 7) is 1.93. The minimum Gasteiger partial charge on any atom is -0.426 e. The quantitative estimate of drug-likeness (QED) is 0.346. The molecular formula is C23H19FO3. The van der Waals surface area contributed by atoms with Crippen LogP contribution in [0.4, 0.5) is 4.39 Å². The van der Waals surface area contributed by atoms with Crippen molar-refractivity contribution in [2.75, 3.05) is 0 Å². The number of benzene rings is 3. The smallest absolute Gasteiger partial charge is 0.318 e. The van der Waals surface area contributed by atoms with Crippen molar-refractivity contribution in [3.8, 4) is 5.75 Å². The first-order valence-corrected chi connectivity index (χ1v) is 8.75. The highest BCUT2D eigenvalue weighted by Crippen LogP contribution is 2.23. The van der Waals surface area contributed by atoms with Crippen molar-refractivity contribution in [3.63, 3.8) is 0 Å². The van der Waals surface area contributed by atoms with E-state index in [2.05, 4.69) is 0 Å². The van der Waals surface area contributed by atoms with Gasteiger partial charge in [-0.1, -0.05) is 37.3 Å². The Bertz CT molecular complexity index is 916. The Morgan fingerprint density at radius 2 is 1.41 bits per heavy atom. The van der Waals surface area contributed by atoms with Crippen LogP contribution in [-0.2, 0) is 4.79 Å². The van der Waals surface area contributed by atoms with Crippen LogP contribution in [0.2, 0.25) is 0 Å². The van der Waals surface area contributed by atoms with Crippen LogP contribution < -0.4 is 4.74 Å². The van der Waals surface area contributed by atoms with Crippen LogP contribution in [0.3, 0.4) is 0 Å². The van der Waals surface area contributed by atoms with Gasteiger partial charge in [0.15, 0.2) is 5.78 Å². The number of ketones is 1. The molecule has 0 aliphatic rings. The van der Waals surface area contributed by atoms with Crippen LogP contribution in [0, 0.1) is 5.82 Å². The molecule has 3 aromatic rings. The Labute approximate surface area is 157 Å². The Balaban J connectivity index is 1.71. The van der Waals surface area contributed by atoms with E-state index >= 15 is 0 Å². The van der Waals surface area contributed by atoms with E-state index in [0.717, 1.165) is 5.56 Å². The standard InChI is InChI=1S/C23H19FO3/c1-2-21(16-6-4-3-5-7-16)23(26)27-20-14-10-18(11-15-20)22(25)17-8-12-19(24)13-9-17/h3-15,21H,2H2,1H3/t21-/m1/s1. The topological polar surface area (TPSA) is 43.4 Å². The maximum Gasteiger partial charge on any atom is 0.318 e. The maximum absolute atomic E-state index is 13.0. The van der Waals surface area contributed by atoms with Crippen molar-refractivity contribution in [2.45, 2.75) is 19.3 Å². The van der Waals surface area contributed by atoms with Crippen LogP contribution in [0.25, 0.3) is 0 Å². The van der Waals surface area contributed by atoms with E-state index in [1.54, 1.807) is 24.3 Å². The van der Waals surface area contributed by atoms with E-state index in [1.807, 2.05) is 37.3 Å². The van der Waals surface area contributed by atoms with Crippen molar-refractivity contribution >= 4 is 11.8 Å². The van der Waals surface area contributed by atoms with Crippen molar-refractivity contribution in [1.29, 1.82) is 0 Å². The molecule has 3 nitrogen and oxygen atoms in total. The molecule has 0 bridgehead atoms. The second-order valence-electron chi connectivity index (χ2n) is 6.15. The Morgan fingerprint density at radius 1 is 0.852 bits per heavy atom. The fraction of sp³-hybridized carbons (Fsp3) is 0.130. The van der Waals surface area contributed by atoms with Crippen molar-refractivity contribution in [2.24, 2.45) is 0 Å². The van der Waals surface area contributed by atoms with E-state index in [9.17, 15) is 14.0 Å². The van der Waals surface area contributed by atoms with Crippen LogP contribution in [0.5, 0.6) is 5.75 Å². The molecule has 27 heavy (non-hydrogen) atoms. The fourth-order valence-electron chi connectivity index (χ4n) is 2.85. The number of carbonyl (C=O) groups excluding carboxylic acids is 2. The van der Waals surface area contributed by atoms with Crippen LogP contribution in [0.1, 0.15) is 40.7 Å². The van der Waals surface area contributed by atoms with E-state index in [-0.39, 0.29) is 17.7 Å². The average Bonchev–Trinajstić information content (AvgIpc) is 2.70. The molecule has 0 radical (unpaired) electrons. The highest BCUT2D eigenvalue weighted by molar-refractivity contribution is 6.09. The molecule has 0 aliphatic carbocycles. The second-order valence-corrected chi connectivity index (χ2v) is 6.15. The number of carbonyl (C=O) groups is 2. The molecule has 3 aromatic carbocycles. The lowest BCUT2D eigenvalue weighted by atomic mass is 9.97. The van der Waals surface area contributed by atoms with Crippen LogP contribution in [0.15, 0.2) is 78.9 Å². The maximum atomic E-state index is 13.0. The van der Waals surface area contributed by atoms with Gasteiger partial charge in [-0.15, -0.1) is 0 Å². The third-order valence-corrected chi connectivity index (χ3v) is 4.34. The summed E-state index contributed by atoms with van der Waals surface area (Å²) in [6, 6.07) is 21.2. The molecule has 0 heterocycles. The molecule has 1 atom stereocenters. The summed E-state index contributed by atoms with van der Waals surface area (Å²) in [6.07, 6.45) is 0.629. The minimum atomic E-state index is -0.391. The molecule has 0 saturated carbocycles. The summed E-state index contributed by atoms with van der Waals surface area (Å²) in [7, 11) is 0. The molecule has 0 fully saturated rings. The zero-order valence-electron chi connectivity index (χ0n) is 14.9. The number of rotatable bonds is 6. The predicted molar refractivity (Wildman–Crippen MR) is 101 cm³/mol. The summed E-state index contributed by atoms with van der Waals surface area (Å²) >= 11 is 0. The van der Waals surface area contributed by atoms with Gasteiger partial charge in [0.05, 0.1) is 5.92 Å². The summed E-state index contributed by atoms with van der Waals surface area (Å²) in [5.41, 5.74) is 1.75. The van der Waals surface area contributed by atoms with Gasteiger partial charge in [-0.2, -0.15) is 0 Å². The van der Waals surface area contributed by atoms with Gasteiger partial charge in [0, 0.05) is 11.1 Å². The first-order chi connectivity index (χ1) is 13.1. The lowest BCUT2D eigenvalue weighted by Crippen LogP contribution is -2.18. The van der Waals surface area contributed by atoms with Gasteiger partial charge >= 0.3 is 5.97 Å². The SMILES string of the molecule is CC[C@@H](C(=O)Oc1ccc(C(=O)c2ccc(F)cc2)cc1)c1ccccc1. The molecule has 3 rings (SSSR count). The molecule has 4 heteroatoms. The lowest BCUT2D eigenvalue weighted by Gasteiger charge is -2.14. The summed E-state index contributed by atoms with van der Waals surface area (Å²) < 4.78 is 18.5. The van der Waals surface area contributed by atoms with E-state index in [4.69, 9.17) is 4.74 Å². The Morgan fingerprint density at radius 3 is 1.96 bits per heavy atom. The van der Waals surface area contributed by atoms with Crippen molar-refractivity contribution in [1.82, 2.24) is 0 Å². The molecule has 0 unspecified atom stereocenters. The summed E-state index contributed by atoms with van der Waals surface area (Å²) in [5, 5.41) is 0. The first-order valence-electron chi connectivity index (χ1n) is 8.75. The van der Waals surface area contributed by atoms with Gasteiger partial charge in [0.2, 0.25) is 0 Å². The van der Waals surface area contributed by atoms with E-state index < -0.39 is 5.82 Å². The van der Waals surface area contributed by atoms with Gasteiger partial charge < -0.3 is 4.74 Å². The monoisotopic (exact) mass is 362 g/mol. The number of hydrogen-bond acceptors (Lipinski definition) is 3. The molecule has 0 aromatic heterocycles. The van der Waals surface area contributed by atoms with Gasteiger partial charge in [0.1, 0.15) is 11.6 Å². The number of esters is 1. The number of halogens is 1. The molecule has 0 aliphatic heterocycles. The van der Waals surface area contributed by atoms with Gasteiger partial charge in [-0.3, -0.25) is 9.59 Å². The van der Waals surface area contributed by atoms with Gasteiger partial charge in [-0.25, -0.2) is 4.39 Å². The molecular weight excluding hydrogens is 343 g/mol. The third kappa shape index (κ3) is 4.47. The average molecular weight is 362 g/mol. The predicted octanol–water partition coefficient (Wildman–Crippen LogP) is 5.16. The molecule has 0 N–H and O–H groups in total. The molecule has 136 valence electrons. The lowest BCUT2D eigenvalue weighted by molar-refractivity contribution is -0.136. The Hall–Kier alpha value is -3.27. The zero-order chi connectivity index (χ0) is 19.2. The van der Waals surface area contributed by atoms with Gasteiger partial charge in [-0.05, 0) is 60.5 Å². The highest BCUT2D eigenvalue weighted by atomic mass is 19.1. The molecule has 0 saturated heterocycles. The van der Waals surface area contributed by atoms with E-state index in [1.165, 1.54) is 24.3 Å². The Kier molecular flexibility index (Phi) is 5.77. The first kappa shape index (κ1) is 18.5. The fourth-order valence-corrected chi connectivity index (χ4v) is 2.85. The molecule has 0 spiro atoms. The summed E-state index contributed by atoms with van der Waals surface area (Å²) in [4.78, 5) is 24.9. The summed E-state index contributed by atoms with van der Waals surface area (Å²) in [5.74, 6) is -0.903. The van der Waals surface area contributed by atoms with E-state index in [0.29, 0.717) is 23.3 Å². The normalized spacial score (nSPS) is 11.6. The number of ether oxygens (including phenoxy) is 1. The van der Waals surface area contributed by atoms with Crippen molar-refractivity contribution in [3.05, 3.63) is 101 Å². The van der Waals surface area contributed by atoms with Crippen LogP contribution >= 0.6 is 0 Å². The van der Waals surface area contributed by atoms with Gasteiger partial charge in [0.25, 0.3) is 0 Å². The minimum absolute atomic E-state index is 0.219.